The number of rotatable bonds is 4. The lowest BCUT2D eigenvalue weighted by Gasteiger charge is -2.08. The van der Waals surface area contributed by atoms with E-state index in [-0.39, 0.29) is 10.4 Å². The number of halogens is 3. The molecule has 104 valence electrons. The lowest BCUT2D eigenvalue weighted by Crippen LogP contribution is -2.19. The molecule has 2 aromatic heterocycles. The largest absolute Gasteiger partial charge is 0.408 e. The Morgan fingerprint density at radius 3 is 2.74 bits per heavy atom. The summed E-state index contributed by atoms with van der Waals surface area (Å²) >= 11 is 1.01. The summed E-state index contributed by atoms with van der Waals surface area (Å²) in [5, 5.41) is 13.4. The van der Waals surface area contributed by atoms with Gasteiger partial charge in [0.15, 0.2) is 5.82 Å². The Morgan fingerprint density at radius 1 is 1.42 bits per heavy atom. The van der Waals surface area contributed by atoms with Crippen LogP contribution in [0.15, 0.2) is 9.68 Å². The second kappa shape index (κ2) is 5.15. The van der Waals surface area contributed by atoms with Gasteiger partial charge in [0.05, 0.1) is 5.25 Å². The van der Waals surface area contributed by atoms with Crippen LogP contribution in [0.25, 0.3) is 0 Å². The first kappa shape index (κ1) is 13.8. The molecule has 0 saturated heterocycles. The molecule has 0 radical (unpaired) electrons. The Hall–Kier alpha value is -1.65. The van der Waals surface area contributed by atoms with Crippen LogP contribution in [0.2, 0.25) is 0 Å². The van der Waals surface area contributed by atoms with Gasteiger partial charge in [-0.3, -0.25) is 0 Å². The number of hydrogen-bond acceptors (Lipinski definition) is 7. The van der Waals surface area contributed by atoms with E-state index in [2.05, 4.69) is 25.7 Å². The molecule has 1 atom stereocenters. The first-order valence-corrected chi connectivity index (χ1v) is 6.03. The maximum Gasteiger partial charge on any atom is 0.408 e. The van der Waals surface area contributed by atoms with E-state index in [0.29, 0.717) is 16.4 Å². The molecule has 11 heteroatoms. The van der Waals surface area contributed by atoms with Gasteiger partial charge in [-0.25, -0.2) is 4.68 Å². The maximum atomic E-state index is 12.3. The van der Waals surface area contributed by atoms with E-state index in [9.17, 15) is 13.2 Å². The Bertz CT molecular complexity index is 553. The first-order valence-electron chi connectivity index (χ1n) is 5.15. The molecule has 0 aliphatic rings. The molecule has 0 spiro atoms. The summed E-state index contributed by atoms with van der Waals surface area (Å²) in [5.74, 6) is 0.765. The number of hydrogen-bond donors (Lipinski definition) is 0. The van der Waals surface area contributed by atoms with Crippen LogP contribution in [0.5, 0.6) is 0 Å². The number of aryl methyl sites for hydroxylation is 1. The first-order chi connectivity index (χ1) is 8.85. The lowest BCUT2D eigenvalue weighted by atomic mass is 10.5. The van der Waals surface area contributed by atoms with Crippen LogP contribution in [-0.4, -0.2) is 36.5 Å². The molecule has 2 heterocycles. The summed E-state index contributed by atoms with van der Waals surface area (Å²) in [7, 11) is 0. The van der Waals surface area contributed by atoms with Crippen LogP contribution in [-0.2, 0) is 6.54 Å². The van der Waals surface area contributed by atoms with Gasteiger partial charge in [0.2, 0.25) is 11.0 Å². The van der Waals surface area contributed by atoms with Crippen LogP contribution < -0.4 is 0 Å². The van der Waals surface area contributed by atoms with Crippen molar-refractivity contribution in [2.24, 2.45) is 0 Å². The van der Waals surface area contributed by atoms with Crippen LogP contribution in [0, 0.1) is 6.92 Å². The summed E-state index contributed by atoms with van der Waals surface area (Å²) in [5.41, 5.74) is 0. The van der Waals surface area contributed by atoms with E-state index in [1.807, 2.05) is 0 Å². The van der Waals surface area contributed by atoms with Gasteiger partial charge in [0.25, 0.3) is 0 Å². The number of alkyl halides is 3. The molecular weight excluding hydrogens is 285 g/mol. The highest BCUT2D eigenvalue weighted by Gasteiger charge is 2.31. The molecule has 2 aromatic rings. The fourth-order valence-corrected chi connectivity index (χ4v) is 2.06. The van der Waals surface area contributed by atoms with E-state index < -0.39 is 12.7 Å². The van der Waals surface area contributed by atoms with Crippen LogP contribution in [0.1, 0.15) is 23.9 Å². The molecule has 0 fully saturated rings. The minimum Gasteiger partial charge on any atom is -0.338 e. The number of nitrogens with zero attached hydrogens (tertiary/aromatic N) is 6. The summed E-state index contributed by atoms with van der Waals surface area (Å²) in [6, 6.07) is 0. The van der Waals surface area contributed by atoms with Crippen molar-refractivity contribution >= 4 is 11.8 Å². The van der Waals surface area contributed by atoms with Crippen molar-refractivity contribution in [1.82, 2.24) is 30.3 Å². The van der Waals surface area contributed by atoms with Crippen molar-refractivity contribution in [1.29, 1.82) is 0 Å². The normalized spacial score (nSPS) is 13.7. The monoisotopic (exact) mass is 294 g/mol. The van der Waals surface area contributed by atoms with E-state index in [1.165, 1.54) is 0 Å². The molecule has 19 heavy (non-hydrogen) atoms. The van der Waals surface area contributed by atoms with Gasteiger partial charge < -0.3 is 4.52 Å². The molecule has 0 aliphatic heterocycles. The smallest absolute Gasteiger partial charge is 0.338 e. The van der Waals surface area contributed by atoms with E-state index >= 15 is 0 Å². The quantitative estimate of drug-likeness (QED) is 0.795. The van der Waals surface area contributed by atoms with Crippen molar-refractivity contribution in [3.05, 3.63) is 11.7 Å². The standard InChI is InChI=1S/C8H9F3N6OS/c1-4(6-12-5(2)14-18-6)19-7-13-15-16-17(7)3-8(9,10)11/h4H,3H2,1-2H3/t4-/m0/s1. The van der Waals surface area contributed by atoms with Gasteiger partial charge in [-0.05, 0) is 24.3 Å². The van der Waals surface area contributed by atoms with E-state index in [0.717, 1.165) is 11.8 Å². The van der Waals surface area contributed by atoms with Gasteiger partial charge in [0.1, 0.15) is 6.54 Å². The second-order valence-corrected chi connectivity index (χ2v) is 4.98. The van der Waals surface area contributed by atoms with E-state index in [1.54, 1.807) is 13.8 Å². The highest BCUT2D eigenvalue weighted by molar-refractivity contribution is 7.99. The predicted octanol–water partition coefficient (Wildman–Crippen LogP) is 1.78. The second-order valence-electron chi connectivity index (χ2n) is 3.67. The fourth-order valence-electron chi connectivity index (χ4n) is 1.24. The Morgan fingerprint density at radius 2 is 2.16 bits per heavy atom. The van der Waals surface area contributed by atoms with Crippen molar-refractivity contribution in [3.8, 4) is 0 Å². The van der Waals surface area contributed by atoms with Crippen molar-refractivity contribution in [2.45, 2.75) is 37.0 Å². The van der Waals surface area contributed by atoms with Gasteiger partial charge in [-0.1, -0.05) is 16.9 Å². The zero-order valence-electron chi connectivity index (χ0n) is 9.92. The molecule has 0 unspecified atom stereocenters. The Labute approximate surface area is 109 Å². The van der Waals surface area contributed by atoms with E-state index in [4.69, 9.17) is 4.52 Å². The van der Waals surface area contributed by atoms with Crippen molar-refractivity contribution in [2.75, 3.05) is 0 Å². The molecule has 0 saturated carbocycles. The molecule has 0 amide bonds. The SMILES string of the molecule is Cc1noc([C@H](C)Sc2nnnn2CC(F)(F)F)n1. The minimum absolute atomic E-state index is 0.0423. The maximum absolute atomic E-state index is 12.3. The average molecular weight is 294 g/mol. The molecule has 7 nitrogen and oxygen atoms in total. The number of aromatic nitrogens is 6. The average Bonchev–Trinajstić information content (AvgIpc) is 2.86. The zero-order valence-corrected chi connectivity index (χ0v) is 10.7. The summed E-state index contributed by atoms with van der Waals surface area (Å²) < 4.78 is 42.5. The third-order valence-corrected chi connectivity index (χ3v) is 3.06. The topological polar surface area (TPSA) is 82.5 Å². The minimum atomic E-state index is -4.38. The highest BCUT2D eigenvalue weighted by Crippen LogP contribution is 2.32. The highest BCUT2D eigenvalue weighted by atomic mass is 32.2. The van der Waals surface area contributed by atoms with Gasteiger partial charge in [-0.15, -0.1) is 5.10 Å². The number of tetrazole rings is 1. The summed E-state index contributed by atoms with van der Waals surface area (Å²) in [6.07, 6.45) is -4.38. The third kappa shape index (κ3) is 3.66. The molecule has 2 rings (SSSR count). The van der Waals surface area contributed by atoms with Gasteiger partial charge in [-0.2, -0.15) is 18.2 Å². The van der Waals surface area contributed by atoms with Gasteiger partial charge in [0, 0.05) is 0 Å². The predicted molar refractivity (Wildman–Crippen MR) is 57.2 cm³/mol. The zero-order chi connectivity index (χ0) is 14.0. The van der Waals surface area contributed by atoms with Crippen molar-refractivity contribution < 1.29 is 17.7 Å². The third-order valence-electron chi connectivity index (χ3n) is 2.00. The molecule has 0 bridgehead atoms. The fraction of sp³-hybridized carbons (Fsp3) is 0.625. The van der Waals surface area contributed by atoms with Crippen LogP contribution in [0.4, 0.5) is 13.2 Å². The molecule has 0 aliphatic carbocycles. The molecule has 0 N–H and O–H groups in total. The summed E-state index contributed by atoms with van der Waals surface area (Å²) in [4.78, 5) is 4.00. The van der Waals surface area contributed by atoms with Gasteiger partial charge >= 0.3 is 6.18 Å². The number of thioether (sulfide) groups is 1. The summed E-state index contributed by atoms with van der Waals surface area (Å²) in [6.45, 7) is 2.13. The van der Waals surface area contributed by atoms with Crippen LogP contribution >= 0.6 is 11.8 Å². The molecule has 0 aromatic carbocycles. The van der Waals surface area contributed by atoms with Crippen LogP contribution in [0.3, 0.4) is 0 Å². The Balaban J connectivity index is 2.09. The Kier molecular flexibility index (Phi) is 3.73. The molecular formula is C8H9F3N6OS. The lowest BCUT2D eigenvalue weighted by molar-refractivity contribution is -0.144. The van der Waals surface area contributed by atoms with Crippen molar-refractivity contribution in [3.63, 3.8) is 0 Å².